The maximum absolute atomic E-state index is 14.7. The number of benzene rings is 4. The lowest BCUT2D eigenvalue weighted by atomic mass is 9.90. The van der Waals surface area contributed by atoms with Gasteiger partial charge in [0.05, 0.1) is 26.3 Å². The fourth-order valence-electron chi connectivity index (χ4n) is 4.97. The van der Waals surface area contributed by atoms with Gasteiger partial charge in [0.1, 0.15) is 5.75 Å². The highest BCUT2D eigenvalue weighted by Gasteiger charge is 2.36. The molecule has 0 fully saturated rings. The molecule has 202 valence electrons. The third-order valence-corrected chi connectivity index (χ3v) is 9.18. The fraction of sp³-hybridized carbons (Fsp3) is 0.226. The van der Waals surface area contributed by atoms with E-state index < -0.39 is 15.4 Å². The number of nitrogens with zero attached hydrogens (tertiary/aromatic N) is 1. The van der Waals surface area contributed by atoms with E-state index in [0.717, 1.165) is 45.8 Å². The molecule has 4 aromatic carbocycles. The highest BCUT2D eigenvalue weighted by atomic mass is 35.5. The Labute approximate surface area is 239 Å². The van der Waals surface area contributed by atoms with Gasteiger partial charge in [-0.1, -0.05) is 99.8 Å². The molecule has 2 N–H and O–H groups in total. The standard InChI is InChI=1S/C31H30Cl2N2O3S/c1-5-8-19-11-14-21(15-12-19)39(37,38)35(26-17-24(33)27(36)18-23(26)32)29-28-22-10-7-6-9-20(22)13-16-25(28)34-30(29)31(2,3)4/h6-7,9-18,34,36H,5,8H2,1-4H3. The quantitative estimate of drug-likeness (QED) is 0.210. The maximum atomic E-state index is 14.7. The Hall–Kier alpha value is -3.19. The minimum absolute atomic E-state index is 0.00472. The van der Waals surface area contributed by atoms with Crippen LogP contribution in [0.4, 0.5) is 11.4 Å². The van der Waals surface area contributed by atoms with Crippen LogP contribution in [0.2, 0.25) is 10.0 Å². The van der Waals surface area contributed by atoms with E-state index in [1.807, 2.05) is 69.3 Å². The van der Waals surface area contributed by atoms with Gasteiger partial charge in [-0.05, 0) is 47.0 Å². The Bertz CT molecular complexity index is 1800. The summed E-state index contributed by atoms with van der Waals surface area (Å²) in [6.45, 7) is 8.16. The molecule has 0 saturated carbocycles. The summed E-state index contributed by atoms with van der Waals surface area (Å²) in [6.07, 6.45) is 1.81. The average molecular weight is 582 g/mol. The molecular weight excluding hydrogens is 551 g/mol. The number of hydrogen-bond donors (Lipinski definition) is 2. The van der Waals surface area contributed by atoms with Crippen LogP contribution in [0.5, 0.6) is 5.75 Å². The third kappa shape index (κ3) is 4.86. The number of sulfonamides is 1. The van der Waals surface area contributed by atoms with Crippen molar-refractivity contribution < 1.29 is 13.5 Å². The van der Waals surface area contributed by atoms with Crippen LogP contribution in [0.15, 0.2) is 77.7 Å². The highest BCUT2D eigenvalue weighted by molar-refractivity contribution is 7.93. The van der Waals surface area contributed by atoms with Gasteiger partial charge in [0, 0.05) is 28.1 Å². The first kappa shape index (κ1) is 27.4. The summed E-state index contributed by atoms with van der Waals surface area (Å²) in [5, 5.41) is 12.9. The van der Waals surface area contributed by atoms with Crippen LogP contribution in [0.1, 0.15) is 45.4 Å². The van der Waals surface area contributed by atoms with Gasteiger partial charge in [-0.15, -0.1) is 0 Å². The van der Waals surface area contributed by atoms with Crippen molar-refractivity contribution in [1.82, 2.24) is 4.98 Å². The number of aromatic hydroxyl groups is 1. The van der Waals surface area contributed by atoms with Gasteiger partial charge < -0.3 is 10.1 Å². The highest BCUT2D eigenvalue weighted by Crippen LogP contribution is 2.49. The van der Waals surface area contributed by atoms with E-state index in [1.165, 1.54) is 16.4 Å². The number of aryl methyl sites for hydroxylation is 1. The minimum atomic E-state index is -4.22. The van der Waals surface area contributed by atoms with Gasteiger partial charge in [0.2, 0.25) is 0 Å². The molecule has 0 bridgehead atoms. The van der Waals surface area contributed by atoms with E-state index in [4.69, 9.17) is 23.2 Å². The smallest absolute Gasteiger partial charge is 0.268 e. The average Bonchev–Trinajstić information content (AvgIpc) is 3.28. The van der Waals surface area contributed by atoms with Crippen LogP contribution in [0.3, 0.4) is 0 Å². The largest absolute Gasteiger partial charge is 0.506 e. The van der Waals surface area contributed by atoms with Gasteiger partial charge in [-0.3, -0.25) is 0 Å². The summed E-state index contributed by atoms with van der Waals surface area (Å²) in [5.41, 5.74) is 2.73. The second kappa shape index (κ2) is 10.1. The van der Waals surface area contributed by atoms with Crippen molar-refractivity contribution in [2.75, 3.05) is 4.31 Å². The molecule has 0 atom stereocenters. The van der Waals surface area contributed by atoms with Gasteiger partial charge in [0.15, 0.2) is 0 Å². The third-order valence-electron chi connectivity index (χ3n) is 6.85. The number of rotatable bonds is 6. The van der Waals surface area contributed by atoms with Crippen molar-refractivity contribution in [3.8, 4) is 5.75 Å². The molecule has 5 nitrogen and oxygen atoms in total. The Morgan fingerprint density at radius 2 is 1.62 bits per heavy atom. The van der Waals surface area contributed by atoms with Crippen LogP contribution in [0, 0.1) is 0 Å². The molecule has 39 heavy (non-hydrogen) atoms. The summed E-state index contributed by atoms with van der Waals surface area (Å²) >= 11 is 13.0. The normalized spacial score (nSPS) is 12.4. The first-order chi connectivity index (χ1) is 18.4. The number of hydrogen-bond acceptors (Lipinski definition) is 3. The number of phenols is 1. The van der Waals surface area contributed by atoms with Crippen LogP contribution >= 0.6 is 23.2 Å². The van der Waals surface area contributed by atoms with Gasteiger partial charge >= 0.3 is 0 Å². The molecule has 0 saturated heterocycles. The molecule has 0 aliphatic heterocycles. The van der Waals surface area contributed by atoms with Gasteiger partial charge in [0.25, 0.3) is 10.0 Å². The maximum Gasteiger partial charge on any atom is 0.268 e. The van der Waals surface area contributed by atoms with E-state index in [2.05, 4.69) is 11.9 Å². The van der Waals surface area contributed by atoms with Crippen molar-refractivity contribution >= 4 is 66.3 Å². The molecule has 1 aromatic heterocycles. The van der Waals surface area contributed by atoms with Crippen LogP contribution < -0.4 is 4.31 Å². The molecule has 0 aliphatic carbocycles. The Balaban J connectivity index is 1.92. The Morgan fingerprint density at radius 3 is 2.28 bits per heavy atom. The summed E-state index contributed by atoms with van der Waals surface area (Å²) in [7, 11) is -4.22. The number of fused-ring (bicyclic) bond motifs is 3. The second-order valence-electron chi connectivity index (χ2n) is 10.7. The minimum Gasteiger partial charge on any atom is -0.506 e. The number of halogens is 2. The van der Waals surface area contributed by atoms with E-state index in [9.17, 15) is 13.5 Å². The van der Waals surface area contributed by atoms with Crippen molar-refractivity contribution in [3.05, 3.63) is 94.1 Å². The fourth-order valence-corrected chi connectivity index (χ4v) is 6.94. The first-order valence-corrected chi connectivity index (χ1v) is 15.0. The molecule has 0 radical (unpaired) electrons. The summed E-state index contributed by atoms with van der Waals surface area (Å²) in [6, 6.07) is 21.5. The number of nitrogens with one attached hydrogen (secondary N) is 1. The zero-order chi connectivity index (χ0) is 28.1. The number of H-pyrrole nitrogens is 1. The topological polar surface area (TPSA) is 73.4 Å². The molecule has 5 aromatic rings. The van der Waals surface area contributed by atoms with E-state index >= 15 is 0 Å². The Morgan fingerprint density at radius 1 is 0.923 bits per heavy atom. The molecule has 8 heteroatoms. The van der Waals surface area contributed by atoms with Crippen molar-refractivity contribution in [1.29, 1.82) is 0 Å². The second-order valence-corrected chi connectivity index (χ2v) is 13.3. The zero-order valence-electron chi connectivity index (χ0n) is 22.2. The van der Waals surface area contributed by atoms with Crippen LogP contribution in [0.25, 0.3) is 21.7 Å². The lowest BCUT2D eigenvalue weighted by Crippen LogP contribution is -2.29. The number of aromatic nitrogens is 1. The van der Waals surface area contributed by atoms with Crippen LogP contribution in [-0.4, -0.2) is 18.5 Å². The molecular formula is C31H30Cl2N2O3S. The lowest BCUT2D eigenvalue weighted by molar-refractivity contribution is 0.475. The molecule has 0 amide bonds. The van der Waals surface area contributed by atoms with Crippen molar-refractivity contribution in [3.63, 3.8) is 0 Å². The van der Waals surface area contributed by atoms with Crippen molar-refractivity contribution in [2.45, 2.75) is 50.8 Å². The summed E-state index contributed by atoms with van der Waals surface area (Å²) < 4.78 is 30.6. The summed E-state index contributed by atoms with van der Waals surface area (Å²) in [4.78, 5) is 3.63. The molecule has 0 unspecified atom stereocenters. The predicted molar refractivity (Wildman–Crippen MR) is 162 cm³/mol. The monoisotopic (exact) mass is 580 g/mol. The molecule has 0 spiro atoms. The van der Waals surface area contributed by atoms with Gasteiger partial charge in [-0.2, -0.15) is 0 Å². The Kier molecular flexibility index (Phi) is 7.08. The zero-order valence-corrected chi connectivity index (χ0v) is 24.5. The van der Waals surface area contributed by atoms with Crippen molar-refractivity contribution in [2.24, 2.45) is 0 Å². The van der Waals surface area contributed by atoms with E-state index in [-0.39, 0.29) is 26.4 Å². The molecule has 5 rings (SSSR count). The van der Waals surface area contributed by atoms with E-state index in [0.29, 0.717) is 5.69 Å². The lowest BCUT2D eigenvalue weighted by Gasteiger charge is -2.30. The van der Waals surface area contributed by atoms with E-state index in [1.54, 1.807) is 12.1 Å². The molecule has 1 heterocycles. The first-order valence-electron chi connectivity index (χ1n) is 12.8. The summed E-state index contributed by atoms with van der Waals surface area (Å²) in [5.74, 6) is -0.230. The number of aromatic amines is 1. The van der Waals surface area contributed by atoms with Crippen LogP contribution in [-0.2, 0) is 21.9 Å². The predicted octanol–water partition coefficient (Wildman–Crippen LogP) is 9.11. The number of phenolic OH excluding ortho intramolecular Hbond substituents is 1. The molecule has 0 aliphatic rings. The number of anilines is 2. The SMILES string of the molecule is CCCc1ccc(S(=O)(=O)N(c2cc(Cl)c(O)cc2Cl)c2c(C(C)(C)C)[nH]c3ccc4ccccc4c23)cc1. The van der Waals surface area contributed by atoms with Gasteiger partial charge in [-0.25, -0.2) is 12.7 Å².